The number of carbonyl (C=O) groups is 1. The Bertz CT molecular complexity index is 334. The van der Waals surface area contributed by atoms with Gasteiger partial charge in [-0.15, -0.1) is 0 Å². The largest absolute Gasteiger partial charge is 0.481 e. The molecule has 0 amide bonds. The lowest BCUT2D eigenvalue weighted by molar-refractivity contribution is -0.143. The second kappa shape index (κ2) is 6.90. The van der Waals surface area contributed by atoms with Crippen molar-refractivity contribution in [3.63, 3.8) is 0 Å². The number of carboxylic acid groups (broad SMARTS) is 1. The number of aliphatic carboxylic acids is 1. The van der Waals surface area contributed by atoms with Gasteiger partial charge in [0, 0.05) is 12.1 Å². The van der Waals surface area contributed by atoms with Gasteiger partial charge in [0.15, 0.2) is 0 Å². The van der Waals surface area contributed by atoms with E-state index in [0.717, 1.165) is 24.8 Å². The monoisotopic (exact) mass is 283 g/mol. The van der Waals surface area contributed by atoms with Crippen molar-refractivity contribution in [3.8, 4) is 0 Å². The molecule has 1 aliphatic carbocycles. The molecule has 1 saturated heterocycles. The Morgan fingerprint density at radius 1 is 1.25 bits per heavy atom. The zero-order valence-electron chi connectivity index (χ0n) is 13.0. The summed E-state index contributed by atoms with van der Waals surface area (Å²) in [4.78, 5) is 13.9. The fraction of sp³-hybridized carbons (Fsp3) is 0.938. The van der Waals surface area contributed by atoms with E-state index in [-0.39, 0.29) is 12.0 Å². The molecule has 4 nitrogen and oxygen atoms in total. The third kappa shape index (κ3) is 3.34. The van der Waals surface area contributed by atoms with Crippen LogP contribution < -0.4 is 0 Å². The number of ether oxygens (including phenoxy) is 1. The van der Waals surface area contributed by atoms with Crippen LogP contribution in [0.15, 0.2) is 0 Å². The summed E-state index contributed by atoms with van der Waals surface area (Å²) < 4.78 is 5.47. The fourth-order valence-electron chi connectivity index (χ4n) is 3.80. The van der Waals surface area contributed by atoms with E-state index in [2.05, 4.69) is 25.7 Å². The summed E-state index contributed by atoms with van der Waals surface area (Å²) in [5, 5.41) is 9.39. The maximum atomic E-state index is 11.4. The van der Waals surface area contributed by atoms with Crippen LogP contribution in [0.5, 0.6) is 0 Å². The highest BCUT2D eigenvalue weighted by Gasteiger charge is 2.41. The Kier molecular flexibility index (Phi) is 5.44. The molecule has 2 fully saturated rings. The van der Waals surface area contributed by atoms with Crippen LogP contribution in [0.25, 0.3) is 0 Å². The molecule has 2 rings (SSSR count). The van der Waals surface area contributed by atoms with Crippen molar-refractivity contribution < 1.29 is 14.6 Å². The summed E-state index contributed by atoms with van der Waals surface area (Å²) in [6, 6.07) is 0.604. The number of hydrogen-bond donors (Lipinski definition) is 1. The summed E-state index contributed by atoms with van der Waals surface area (Å²) in [6.45, 7) is 8.79. The second-order valence-corrected chi connectivity index (χ2v) is 6.71. The SMILES string of the molecule is CCCN(C1CCC(C)C(C)C1)C1COCC1C(=O)O. The molecule has 0 spiro atoms. The van der Waals surface area contributed by atoms with E-state index in [1.807, 2.05) is 0 Å². The average Bonchev–Trinajstić information content (AvgIpc) is 2.88. The Balaban J connectivity index is 2.08. The fourth-order valence-corrected chi connectivity index (χ4v) is 3.80. The van der Waals surface area contributed by atoms with Crippen molar-refractivity contribution in [1.29, 1.82) is 0 Å². The van der Waals surface area contributed by atoms with Gasteiger partial charge in [-0.2, -0.15) is 0 Å². The molecule has 1 saturated carbocycles. The van der Waals surface area contributed by atoms with E-state index in [1.54, 1.807) is 0 Å². The summed E-state index contributed by atoms with van der Waals surface area (Å²) in [7, 11) is 0. The molecular formula is C16H29NO3. The zero-order chi connectivity index (χ0) is 14.7. The van der Waals surface area contributed by atoms with Crippen molar-refractivity contribution in [3.05, 3.63) is 0 Å². The van der Waals surface area contributed by atoms with Crippen LogP contribution in [-0.2, 0) is 9.53 Å². The highest BCUT2D eigenvalue weighted by Crippen LogP contribution is 2.35. The van der Waals surface area contributed by atoms with Gasteiger partial charge in [0.05, 0.1) is 19.1 Å². The highest BCUT2D eigenvalue weighted by atomic mass is 16.5. The lowest BCUT2D eigenvalue weighted by Gasteiger charge is -2.42. The molecule has 0 aromatic rings. The van der Waals surface area contributed by atoms with Crippen LogP contribution >= 0.6 is 0 Å². The third-order valence-electron chi connectivity index (χ3n) is 5.31. The molecule has 116 valence electrons. The summed E-state index contributed by atoms with van der Waals surface area (Å²) >= 11 is 0. The Morgan fingerprint density at radius 2 is 2.00 bits per heavy atom. The molecule has 0 aromatic heterocycles. The molecule has 1 aliphatic heterocycles. The normalized spacial score (nSPS) is 38.3. The first-order chi connectivity index (χ1) is 9.54. The van der Waals surface area contributed by atoms with E-state index in [1.165, 1.54) is 19.3 Å². The zero-order valence-corrected chi connectivity index (χ0v) is 13.0. The highest BCUT2D eigenvalue weighted by molar-refractivity contribution is 5.71. The molecule has 20 heavy (non-hydrogen) atoms. The van der Waals surface area contributed by atoms with Gasteiger partial charge in [-0.3, -0.25) is 9.69 Å². The molecule has 0 radical (unpaired) electrons. The van der Waals surface area contributed by atoms with Crippen molar-refractivity contribution in [2.75, 3.05) is 19.8 Å². The molecule has 2 aliphatic rings. The summed E-state index contributed by atoms with van der Waals surface area (Å²) in [6.07, 6.45) is 4.74. The van der Waals surface area contributed by atoms with E-state index >= 15 is 0 Å². The predicted molar refractivity (Wildman–Crippen MR) is 78.7 cm³/mol. The topological polar surface area (TPSA) is 49.8 Å². The smallest absolute Gasteiger partial charge is 0.310 e. The number of nitrogens with zero attached hydrogens (tertiary/aromatic N) is 1. The Labute approximate surface area is 122 Å². The number of rotatable bonds is 5. The van der Waals surface area contributed by atoms with E-state index < -0.39 is 5.97 Å². The minimum absolute atomic E-state index is 0.0676. The predicted octanol–water partition coefficient (Wildman–Crippen LogP) is 2.62. The van der Waals surface area contributed by atoms with Crippen LogP contribution in [0, 0.1) is 17.8 Å². The lowest BCUT2D eigenvalue weighted by Crippen LogP contribution is -2.50. The Hall–Kier alpha value is -0.610. The van der Waals surface area contributed by atoms with Gasteiger partial charge in [0.25, 0.3) is 0 Å². The first-order valence-corrected chi connectivity index (χ1v) is 8.10. The molecule has 0 aromatic carbocycles. The van der Waals surface area contributed by atoms with Crippen LogP contribution in [0.1, 0.15) is 46.5 Å². The van der Waals surface area contributed by atoms with E-state index in [9.17, 15) is 9.90 Å². The number of hydrogen-bond acceptors (Lipinski definition) is 3. The van der Waals surface area contributed by atoms with Crippen LogP contribution in [0.3, 0.4) is 0 Å². The van der Waals surface area contributed by atoms with Crippen molar-refractivity contribution in [2.45, 2.75) is 58.5 Å². The van der Waals surface area contributed by atoms with Crippen molar-refractivity contribution in [2.24, 2.45) is 17.8 Å². The van der Waals surface area contributed by atoms with E-state index in [4.69, 9.17) is 4.74 Å². The number of carboxylic acids is 1. The maximum Gasteiger partial charge on any atom is 0.310 e. The van der Waals surface area contributed by atoms with Crippen LogP contribution in [-0.4, -0.2) is 47.8 Å². The molecule has 0 bridgehead atoms. The average molecular weight is 283 g/mol. The minimum Gasteiger partial charge on any atom is -0.481 e. The van der Waals surface area contributed by atoms with Crippen molar-refractivity contribution >= 4 is 5.97 Å². The Morgan fingerprint density at radius 3 is 2.60 bits per heavy atom. The first kappa shape index (κ1) is 15.8. The van der Waals surface area contributed by atoms with Gasteiger partial charge in [-0.25, -0.2) is 0 Å². The van der Waals surface area contributed by atoms with Gasteiger partial charge >= 0.3 is 5.97 Å². The minimum atomic E-state index is -0.703. The van der Waals surface area contributed by atoms with Gasteiger partial charge in [0.1, 0.15) is 0 Å². The first-order valence-electron chi connectivity index (χ1n) is 8.10. The van der Waals surface area contributed by atoms with Gasteiger partial charge in [0.2, 0.25) is 0 Å². The maximum absolute atomic E-state index is 11.4. The molecule has 5 unspecified atom stereocenters. The van der Waals surface area contributed by atoms with E-state index in [0.29, 0.717) is 19.3 Å². The molecule has 4 heteroatoms. The quantitative estimate of drug-likeness (QED) is 0.842. The van der Waals surface area contributed by atoms with Crippen LogP contribution in [0.2, 0.25) is 0 Å². The second-order valence-electron chi connectivity index (χ2n) is 6.71. The summed E-state index contributed by atoms with van der Waals surface area (Å²) in [5.41, 5.74) is 0. The summed E-state index contributed by atoms with van der Waals surface area (Å²) in [5.74, 6) is 0.477. The molecular weight excluding hydrogens is 254 g/mol. The third-order valence-corrected chi connectivity index (χ3v) is 5.31. The van der Waals surface area contributed by atoms with Crippen molar-refractivity contribution in [1.82, 2.24) is 4.90 Å². The molecule has 1 heterocycles. The molecule has 5 atom stereocenters. The van der Waals surface area contributed by atoms with Crippen LogP contribution in [0.4, 0.5) is 0 Å². The van der Waals surface area contributed by atoms with Gasteiger partial charge < -0.3 is 9.84 Å². The standard InChI is InChI=1S/C16H29NO3/c1-4-7-17(13-6-5-11(2)12(3)8-13)15-10-20-9-14(15)16(18)19/h11-15H,4-10H2,1-3H3,(H,18,19). The molecule has 1 N–H and O–H groups in total. The lowest BCUT2D eigenvalue weighted by atomic mass is 9.78. The van der Waals surface area contributed by atoms with Gasteiger partial charge in [-0.05, 0) is 44.1 Å². The van der Waals surface area contributed by atoms with Gasteiger partial charge in [-0.1, -0.05) is 20.8 Å².